The van der Waals surface area contributed by atoms with E-state index in [1.807, 2.05) is 0 Å². The van der Waals surface area contributed by atoms with Crippen LogP contribution >= 0.6 is 0 Å². The highest BCUT2D eigenvalue weighted by atomic mass is 32.2. The standard InChI is InChI=1S/C7H4F5NO6S/c8-6(9,10)5(7(11,12)20(15,16)17)19-4(14)3-1-13-2-18-3/h1-2,5H,(H,15,16,17)/p-1. The van der Waals surface area contributed by atoms with Crippen LogP contribution in [0.15, 0.2) is 17.0 Å². The van der Waals surface area contributed by atoms with Crippen molar-refractivity contribution in [2.45, 2.75) is 17.5 Å². The maximum atomic E-state index is 12.9. The minimum Gasteiger partial charge on any atom is -0.743 e. The lowest BCUT2D eigenvalue weighted by Crippen LogP contribution is -2.52. The fourth-order valence-corrected chi connectivity index (χ4v) is 1.38. The van der Waals surface area contributed by atoms with Crippen molar-refractivity contribution in [1.29, 1.82) is 0 Å². The molecule has 0 fully saturated rings. The van der Waals surface area contributed by atoms with Gasteiger partial charge in [-0.2, -0.15) is 22.0 Å². The lowest BCUT2D eigenvalue weighted by Gasteiger charge is -2.29. The first kappa shape index (κ1) is 16.3. The van der Waals surface area contributed by atoms with E-state index in [4.69, 9.17) is 0 Å². The average Bonchev–Trinajstić information content (AvgIpc) is 2.75. The highest BCUT2D eigenvalue weighted by molar-refractivity contribution is 7.86. The predicted molar refractivity (Wildman–Crippen MR) is 46.4 cm³/mol. The summed E-state index contributed by atoms with van der Waals surface area (Å²) >= 11 is 0. The number of ether oxygens (including phenoxy) is 1. The molecule has 0 saturated carbocycles. The molecule has 20 heavy (non-hydrogen) atoms. The molecule has 7 nitrogen and oxygen atoms in total. The Bertz CT molecular complexity index is 579. The normalized spacial score (nSPS) is 14.9. The Balaban J connectivity index is 3.13. The lowest BCUT2D eigenvalue weighted by molar-refractivity contribution is -0.248. The molecule has 1 aromatic heterocycles. The summed E-state index contributed by atoms with van der Waals surface area (Å²) in [7, 11) is -6.73. The van der Waals surface area contributed by atoms with Crippen molar-refractivity contribution in [3.63, 3.8) is 0 Å². The summed E-state index contributed by atoms with van der Waals surface area (Å²) in [5, 5.41) is -5.90. The van der Waals surface area contributed by atoms with E-state index < -0.39 is 39.4 Å². The molecule has 0 aromatic carbocycles. The average molecular weight is 324 g/mol. The van der Waals surface area contributed by atoms with Gasteiger partial charge in [-0.3, -0.25) is 0 Å². The van der Waals surface area contributed by atoms with Crippen molar-refractivity contribution in [2.24, 2.45) is 0 Å². The number of aromatic nitrogens is 1. The van der Waals surface area contributed by atoms with E-state index in [0.717, 1.165) is 0 Å². The molecule has 114 valence electrons. The Labute approximate surface area is 107 Å². The molecule has 1 unspecified atom stereocenters. The second-order valence-corrected chi connectivity index (χ2v) is 4.66. The second kappa shape index (κ2) is 4.97. The molecule has 0 bridgehead atoms. The van der Waals surface area contributed by atoms with Crippen molar-refractivity contribution in [3.8, 4) is 0 Å². The topological polar surface area (TPSA) is 110 Å². The van der Waals surface area contributed by atoms with E-state index >= 15 is 0 Å². The highest BCUT2D eigenvalue weighted by Crippen LogP contribution is 2.38. The molecule has 0 saturated heterocycles. The number of hydrogen-bond acceptors (Lipinski definition) is 7. The third kappa shape index (κ3) is 3.22. The van der Waals surface area contributed by atoms with Crippen LogP contribution in [0, 0.1) is 0 Å². The number of hydrogen-bond donors (Lipinski definition) is 0. The lowest BCUT2D eigenvalue weighted by atomic mass is 10.3. The van der Waals surface area contributed by atoms with Crippen LogP contribution in [0.3, 0.4) is 0 Å². The minimum absolute atomic E-state index is 0.541. The third-order valence-corrected chi connectivity index (χ3v) is 2.67. The monoisotopic (exact) mass is 324 g/mol. The molecule has 1 rings (SSSR count). The van der Waals surface area contributed by atoms with Crippen LogP contribution in [0.2, 0.25) is 0 Å². The van der Waals surface area contributed by atoms with E-state index in [1.54, 1.807) is 0 Å². The number of alkyl halides is 5. The Morgan fingerprint density at radius 3 is 2.25 bits per heavy atom. The maximum Gasteiger partial charge on any atom is 0.432 e. The Morgan fingerprint density at radius 1 is 1.35 bits per heavy atom. The zero-order chi connectivity index (χ0) is 15.8. The maximum absolute atomic E-state index is 12.9. The second-order valence-electron chi connectivity index (χ2n) is 3.21. The first-order valence-corrected chi connectivity index (χ1v) is 5.77. The van der Waals surface area contributed by atoms with Gasteiger partial charge < -0.3 is 13.7 Å². The number of halogens is 5. The van der Waals surface area contributed by atoms with Crippen molar-refractivity contribution >= 4 is 16.1 Å². The highest BCUT2D eigenvalue weighted by Gasteiger charge is 2.63. The molecule has 13 heteroatoms. The largest absolute Gasteiger partial charge is 0.743 e. The van der Waals surface area contributed by atoms with Crippen LogP contribution in [0.25, 0.3) is 0 Å². The predicted octanol–water partition coefficient (Wildman–Crippen LogP) is 0.900. The number of carbonyl (C=O) groups excluding carboxylic acids is 1. The van der Waals surface area contributed by atoms with Gasteiger partial charge in [-0.15, -0.1) is 0 Å². The fourth-order valence-electron chi connectivity index (χ4n) is 0.939. The molecular formula is C7H3F5NO6S-. The number of rotatable bonds is 4. The van der Waals surface area contributed by atoms with Crippen LogP contribution in [0.1, 0.15) is 10.6 Å². The van der Waals surface area contributed by atoms with E-state index in [1.165, 1.54) is 0 Å². The summed E-state index contributed by atoms with van der Waals surface area (Å²) in [5.74, 6) is -3.05. The van der Waals surface area contributed by atoms with Gasteiger partial charge in [-0.05, 0) is 0 Å². The molecule has 0 aliphatic carbocycles. The van der Waals surface area contributed by atoms with E-state index in [0.29, 0.717) is 12.6 Å². The van der Waals surface area contributed by atoms with Gasteiger partial charge in [-0.1, -0.05) is 0 Å². The molecule has 1 aromatic rings. The van der Waals surface area contributed by atoms with Crippen LogP contribution in [-0.2, 0) is 14.9 Å². The minimum atomic E-state index is -6.73. The van der Waals surface area contributed by atoms with Gasteiger partial charge in [0.25, 0.3) is 6.10 Å². The van der Waals surface area contributed by atoms with Crippen molar-refractivity contribution in [3.05, 3.63) is 18.4 Å². The first-order chi connectivity index (χ1) is 8.87. The first-order valence-electron chi connectivity index (χ1n) is 4.37. The van der Waals surface area contributed by atoms with Crippen LogP contribution in [0.5, 0.6) is 0 Å². The van der Waals surface area contributed by atoms with Gasteiger partial charge in [0.15, 0.2) is 16.5 Å². The summed E-state index contributed by atoms with van der Waals surface area (Å²) < 4.78 is 101. The molecular weight excluding hydrogens is 321 g/mol. The van der Waals surface area contributed by atoms with Crippen LogP contribution in [-0.4, -0.2) is 41.5 Å². The molecule has 0 radical (unpaired) electrons. The smallest absolute Gasteiger partial charge is 0.432 e. The summed E-state index contributed by atoms with van der Waals surface area (Å²) in [6.45, 7) is 0. The quantitative estimate of drug-likeness (QED) is 0.460. The van der Waals surface area contributed by atoms with Gasteiger partial charge in [-0.25, -0.2) is 18.2 Å². The van der Waals surface area contributed by atoms with Crippen LogP contribution in [0.4, 0.5) is 22.0 Å². The van der Waals surface area contributed by atoms with Gasteiger partial charge in [0.05, 0.1) is 6.20 Å². The number of carbonyl (C=O) groups is 1. The summed E-state index contributed by atoms with van der Waals surface area (Å²) in [4.78, 5) is 14.2. The molecule has 0 aliphatic heterocycles. The third-order valence-electron chi connectivity index (χ3n) is 1.79. The summed E-state index contributed by atoms with van der Waals surface area (Å²) in [6, 6.07) is 0. The molecule has 0 spiro atoms. The zero-order valence-electron chi connectivity index (χ0n) is 8.93. The molecule has 1 heterocycles. The van der Waals surface area contributed by atoms with Gasteiger partial charge in [0, 0.05) is 0 Å². The zero-order valence-corrected chi connectivity index (χ0v) is 9.74. The number of nitrogens with zero attached hydrogens (tertiary/aromatic N) is 1. The summed E-state index contributed by atoms with van der Waals surface area (Å²) in [5.41, 5.74) is 0. The Kier molecular flexibility index (Phi) is 4.05. The van der Waals surface area contributed by atoms with Crippen LogP contribution < -0.4 is 0 Å². The molecule has 0 N–H and O–H groups in total. The van der Waals surface area contributed by atoms with E-state index in [-0.39, 0.29) is 0 Å². The van der Waals surface area contributed by atoms with Gasteiger partial charge in [0.2, 0.25) is 5.76 Å². The van der Waals surface area contributed by atoms with Crippen molar-refractivity contribution in [2.75, 3.05) is 0 Å². The van der Waals surface area contributed by atoms with Gasteiger partial charge >= 0.3 is 17.4 Å². The molecule has 0 aliphatic rings. The number of esters is 1. The molecule has 0 amide bonds. The van der Waals surface area contributed by atoms with Crippen molar-refractivity contribution in [1.82, 2.24) is 4.98 Å². The fraction of sp³-hybridized carbons (Fsp3) is 0.429. The number of oxazole rings is 1. The Morgan fingerprint density at radius 2 is 1.90 bits per heavy atom. The van der Waals surface area contributed by atoms with E-state index in [2.05, 4.69) is 14.1 Å². The van der Waals surface area contributed by atoms with E-state index in [9.17, 15) is 39.7 Å². The molecule has 1 atom stereocenters. The summed E-state index contributed by atoms with van der Waals surface area (Å²) in [6.07, 6.45) is -9.35. The SMILES string of the molecule is O=C(OC(C(F)(F)F)C(F)(F)S(=O)(=O)[O-])c1cnco1. The van der Waals surface area contributed by atoms with Crippen molar-refractivity contribution < 1.29 is 48.9 Å². The Hall–Kier alpha value is -1.76. The van der Waals surface area contributed by atoms with Gasteiger partial charge in [0.1, 0.15) is 0 Å².